The van der Waals surface area contributed by atoms with Crippen LogP contribution in [0, 0.1) is 6.92 Å². The van der Waals surface area contributed by atoms with Crippen LogP contribution in [-0.2, 0) is 20.1 Å². The van der Waals surface area contributed by atoms with Gasteiger partial charge in [0.25, 0.3) is 5.56 Å². The van der Waals surface area contributed by atoms with Gasteiger partial charge < -0.3 is 19.7 Å². The summed E-state index contributed by atoms with van der Waals surface area (Å²) in [7, 11) is 1.54. The van der Waals surface area contributed by atoms with E-state index in [9.17, 15) is 14.7 Å². The minimum atomic E-state index is -0.916. The van der Waals surface area contributed by atoms with E-state index in [1.807, 2.05) is 61.5 Å². The molecule has 2 aromatic carbocycles. The quantitative estimate of drug-likeness (QED) is 0.389. The van der Waals surface area contributed by atoms with Gasteiger partial charge in [0.05, 0.1) is 6.54 Å². The zero-order valence-electron chi connectivity index (χ0n) is 17.9. The van der Waals surface area contributed by atoms with Gasteiger partial charge in [-0.1, -0.05) is 48.5 Å². The summed E-state index contributed by atoms with van der Waals surface area (Å²) in [6.07, 6.45) is -0.916. The predicted octanol–water partition coefficient (Wildman–Crippen LogP) is 1.78. The summed E-state index contributed by atoms with van der Waals surface area (Å²) in [4.78, 5) is 31.4. The molecule has 9 heteroatoms. The number of aliphatic hydroxyl groups excluding tert-OH is 1. The van der Waals surface area contributed by atoms with Crippen molar-refractivity contribution >= 4 is 17.1 Å². The maximum absolute atomic E-state index is 12.6. The first-order valence-electron chi connectivity index (χ1n) is 10.3. The number of aliphatic hydroxyl groups is 1. The monoisotopic (exact) mass is 435 g/mol. The Morgan fingerprint density at radius 2 is 1.84 bits per heavy atom. The number of rotatable bonds is 8. The summed E-state index contributed by atoms with van der Waals surface area (Å²) in [5.41, 5.74) is 1.32. The molecule has 0 saturated heterocycles. The fourth-order valence-corrected chi connectivity index (χ4v) is 3.49. The predicted molar refractivity (Wildman–Crippen MR) is 122 cm³/mol. The standard InChI is InChI=1S/C23H25N5O4/c1-15-8-6-7-11-18(15)32-14-17(29)13-28-19-20(27(2)23(31)26-21(19)30)25-22(28)24-12-16-9-4-3-5-10-16/h3-11,17,29H,12-14H2,1-2H3,(H,24,25)(H,26,30,31)/t17-/m0/s1. The molecule has 32 heavy (non-hydrogen) atoms. The van der Waals surface area contributed by atoms with Crippen LogP contribution in [0.4, 0.5) is 5.95 Å². The van der Waals surface area contributed by atoms with E-state index in [-0.39, 0.29) is 24.3 Å². The number of nitrogens with one attached hydrogen (secondary N) is 2. The second-order valence-corrected chi connectivity index (χ2v) is 7.61. The van der Waals surface area contributed by atoms with Crippen molar-refractivity contribution in [2.75, 3.05) is 11.9 Å². The molecule has 4 rings (SSSR count). The average Bonchev–Trinajstić information content (AvgIpc) is 3.15. The number of hydrogen-bond donors (Lipinski definition) is 3. The zero-order chi connectivity index (χ0) is 22.7. The summed E-state index contributed by atoms with van der Waals surface area (Å²) in [5, 5.41) is 13.9. The number of aryl methyl sites for hydroxylation is 2. The highest BCUT2D eigenvalue weighted by Gasteiger charge is 2.20. The van der Waals surface area contributed by atoms with Gasteiger partial charge in [0, 0.05) is 13.6 Å². The van der Waals surface area contributed by atoms with Gasteiger partial charge in [0.15, 0.2) is 11.2 Å². The summed E-state index contributed by atoms with van der Waals surface area (Å²) < 4.78 is 8.62. The molecule has 2 heterocycles. The minimum Gasteiger partial charge on any atom is -0.491 e. The van der Waals surface area contributed by atoms with Crippen LogP contribution >= 0.6 is 0 Å². The molecule has 0 aliphatic rings. The van der Waals surface area contributed by atoms with Crippen molar-refractivity contribution < 1.29 is 9.84 Å². The highest BCUT2D eigenvalue weighted by atomic mass is 16.5. The van der Waals surface area contributed by atoms with Gasteiger partial charge >= 0.3 is 5.69 Å². The fourth-order valence-electron chi connectivity index (χ4n) is 3.49. The third kappa shape index (κ3) is 4.42. The van der Waals surface area contributed by atoms with Crippen molar-refractivity contribution in [1.29, 1.82) is 0 Å². The topological polar surface area (TPSA) is 114 Å². The smallest absolute Gasteiger partial charge is 0.329 e. The molecule has 0 unspecified atom stereocenters. The molecule has 9 nitrogen and oxygen atoms in total. The number of para-hydroxylation sites is 1. The van der Waals surface area contributed by atoms with Gasteiger partial charge in [0.1, 0.15) is 18.5 Å². The van der Waals surface area contributed by atoms with Gasteiger partial charge in [0.2, 0.25) is 5.95 Å². The number of H-pyrrole nitrogens is 1. The molecule has 0 saturated carbocycles. The van der Waals surface area contributed by atoms with Crippen LogP contribution in [0.3, 0.4) is 0 Å². The van der Waals surface area contributed by atoms with Crippen molar-refractivity contribution in [3.05, 3.63) is 86.6 Å². The molecule has 3 N–H and O–H groups in total. The second-order valence-electron chi connectivity index (χ2n) is 7.61. The minimum absolute atomic E-state index is 0.0340. The summed E-state index contributed by atoms with van der Waals surface area (Å²) in [6, 6.07) is 17.3. The van der Waals surface area contributed by atoms with Crippen LogP contribution in [0.15, 0.2) is 64.2 Å². The number of aromatic amines is 1. The SMILES string of the molecule is Cc1ccccc1OC[C@@H](O)Cn1c(NCc2ccccc2)nc2c1c(=O)[nH]c(=O)n2C. The highest BCUT2D eigenvalue weighted by molar-refractivity contribution is 5.74. The van der Waals surface area contributed by atoms with Gasteiger partial charge in [-0.3, -0.25) is 14.3 Å². The van der Waals surface area contributed by atoms with Crippen LogP contribution in [0.1, 0.15) is 11.1 Å². The number of aromatic nitrogens is 4. The Hall–Kier alpha value is -3.85. The fraction of sp³-hybridized carbons (Fsp3) is 0.261. The number of fused-ring (bicyclic) bond motifs is 1. The number of nitrogens with zero attached hydrogens (tertiary/aromatic N) is 3. The van der Waals surface area contributed by atoms with Crippen LogP contribution in [0.2, 0.25) is 0 Å². The summed E-state index contributed by atoms with van der Waals surface area (Å²) in [6.45, 7) is 2.48. The maximum Gasteiger partial charge on any atom is 0.329 e. The van der Waals surface area contributed by atoms with Gasteiger partial charge in [-0.15, -0.1) is 0 Å². The van der Waals surface area contributed by atoms with Gasteiger partial charge in [-0.25, -0.2) is 4.79 Å². The van der Waals surface area contributed by atoms with Crippen LogP contribution in [0.5, 0.6) is 5.75 Å². The molecule has 0 amide bonds. The Balaban J connectivity index is 1.63. The Kier molecular flexibility index (Phi) is 6.09. The number of imidazole rings is 1. The molecule has 0 aliphatic heterocycles. The Labute approximate surface area is 183 Å². The highest BCUT2D eigenvalue weighted by Crippen LogP contribution is 2.19. The molecule has 0 radical (unpaired) electrons. The first kappa shape index (κ1) is 21.4. The molecular formula is C23H25N5O4. The van der Waals surface area contributed by atoms with Crippen molar-refractivity contribution in [2.24, 2.45) is 7.05 Å². The Morgan fingerprint density at radius 3 is 2.59 bits per heavy atom. The van der Waals surface area contributed by atoms with E-state index >= 15 is 0 Å². The molecule has 0 aliphatic carbocycles. The summed E-state index contributed by atoms with van der Waals surface area (Å²) in [5.74, 6) is 1.07. The Bertz CT molecular complexity index is 1340. The summed E-state index contributed by atoms with van der Waals surface area (Å²) >= 11 is 0. The lowest BCUT2D eigenvalue weighted by molar-refractivity contribution is 0.0935. The van der Waals surface area contributed by atoms with E-state index in [0.717, 1.165) is 11.1 Å². The first-order chi connectivity index (χ1) is 15.4. The van der Waals surface area contributed by atoms with E-state index in [1.54, 1.807) is 4.57 Å². The number of ether oxygens (including phenoxy) is 1. The number of hydrogen-bond acceptors (Lipinski definition) is 6. The van der Waals surface area contributed by atoms with Gasteiger partial charge in [-0.2, -0.15) is 4.98 Å². The average molecular weight is 435 g/mol. The van der Waals surface area contributed by atoms with Crippen molar-refractivity contribution in [3.8, 4) is 5.75 Å². The van der Waals surface area contributed by atoms with Crippen LogP contribution in [-0.4, -0.2) is 36.9 Å². The van der Waals surface area contributed by atoms with E-state index in [0.29, 0.717) is 18.2 Å². The number of anilines is 1. The molecule has 4 aromatic rings. The lowest BCUT2D eigenvalue weighted by atomic mass is 10.2. The Morgan fingerprint density at radius 1 is 1.12 bits per heavy atom. The lowest BCUT2D eigenvalue weighted by Gasteiger charge is -2.16. The van der Waals surface area contributed by atoms with E-state index in [1.165, 1.54) is 11.6 Å². The first-order valence-corrected chi connectivity index (χ1v) is 10.3. The van der Waals surface area contributed by atoms with E-state index in [2.05, 4.69) is 15.3 Å². The van der Waals surface area contributed by atoms with Crippen molar-refractivity contribution in [3.63, 3.8) is 0 Å². The molecular weight excluding hydrogens is 410 g/mol. The van der Waals surface area contributed by atoms with Crippen LogP contribution < -0.4 is 21.3 Å². The second kappa shape index (κ2) is 9.11. The molecule has 0 fully saturated rings. The van der Waals surface area contributed by atoms with Crippen LogP contribution in [0.25, 0.3) is 11.2 Å². The molecule has 166 valence electrons. The molecule has 2 aromatic heterocycles. The zero-order valence-corrected chi connectivity index (χ0v) is 17.9. The van der Waals surface area contributed by atoms with Gasteiger partial charge in [-0.05, 0) is 24.1 Å². The third-order valence-electron chi connectivity index (χ3n) is 5.22. The molecule has 1 atom stereocenters. The normalized spacial score (nSPS) is 12.1. The van der Waals surface area contributed by atoms with Crippen molar-refractivity contribution in [1.82, 2.24) is 19.1 Å². The third-order valence-corrected chi connectivity index (χ3v) is 5.22. The maximum atomic E-state index is 12.6. The van der Waals surface area contributed by atoms with E-state index in [4.69, 9.17) is 4.74 Å². The number of benzene rings is 2. The largest absolute Gasteiger partial charge is 0.491 e. The lowest BCUT2D eigenvalue weighted by Crippen LogP contribution is -2.31. The van der Waals surface area contributed by atoms with E-state index < -0.39 is 17.4 Å². The van der Waals surface area contributed by atoms with Crippen molar-refractivity contribution in [2.45, 2.75) is 26.1 Å². The molecule has 0 bridgehead atoms. The molecule has 0 spiro atoms.